The van der Waals surface area contributed by atoms with Crippen LogP contribution in [0.3, 0.4) is 0 Å². The number of ether oxygens (including phenoxy) is 1. The summed E-state index contributed by atoms with van der Waals surface area (Å²) in [6.45, 7) is 11.2. The minimum atomic E-state index is -0.543. The van der Waals surface area contributed by atoms with Crippen molar-refractivity contribution in [1.82, 2.24) is 0 Å². The molecule has 3 saturated carbocycles. The fourth-order valence-electron chi connectivity index (χ4n) is 6.64. The van der Waals surface area contributed by atoms with Gasteiger partial charge in [-0.25, -0.2) is 0 Å². The summed E-state index contributed by atoms with van der Waals surface area (Å²) in [4.78, 5) is 0. The zero-order chi connectivity index (χ0) is 24.1. The maximum atomic E-state index is 10.6. The van der Waals surface area contributed by atoms with Crippen LogP contribution in [0.5, 0.6) is 0 Å². The molecule has 4 heteroatoms. The molecular weight excluding hydrogens is 412 g/mol. The first kappa shape index (κ1) is 26.7. The molecule has 5 atom stereocenters. The van der Waals surface area contributed by atoms with E-state index >= 15 is 0 Å². The van der Waals surface area contributed by atoms with Crippen molar-refractivity contribution in [1.29, 1.82) is 0 Å². The second-order valence-corrected chi connectivity index (χ2v) is 11.7. The average Bonchev–Trinajstić information content (AvgIpc) is 3.08. The summed E-state index contributed by atoms with van der Waals surface area (Å²) in [5.74, 6) is 1.47. The van der Waals surface area contributed by atoms with E-state index in [1.54, 1.807) is 5.57 Å². The molecule has 0 aromatic rings. The Morgan fingerprint density at radius 3 is 2.67 bits per heavy atom. The number of aliphatic hydroxyl groups is 3. The standard InChI is InChI=1S/C29H48O4/c1-21-19-27(33-18-8-17-30)26(31)20-23(21)12-11-22-9-7-16-29(4)24(13-14-25(22)29)10-5-6-15-28(2,3)32/h11-12,24-27,30-32H,1,5-10,13-20H2,2-4H3/b22-11+,23-12+. The minimum absolute atomic E-state index is 0.115. The van der Waals surface area contributed by atoms with E-state index in [4.69, 9.17) is 9.84 Å². The number of unbranched alkanes of at least 4 members (excludes halogenated alkanes) is 1. The molecule has 188 valence electrons. The summed E-state index contributed by atoms with van der Waals surface area (Å²) in [6, 6.07) is 0. The zero-order valence-corrected chi connectivity index (χ0v) is 21.3. The SMILES string of the molecule is C=C1CC(OCCCO)C(O)C/C1=C\C=C1/CCCC2(C)C(CCCCC(C)(C)O)CCC12. The molecule has 0 radical (unpaired) electrons. The van der Waals surface area contributed by atoms with Gasteiger partial charge in [0.15, 0.2) is 0 Å². The molecule has 0 aromatic heterocycles. The minimum Gasteiger partial charge on any atom is -0.396 e. The summed E-state index contributed by atoms with van der Waals surface area (Å²) >= 11 is 0. The maximum Gasteiger partial charge on any atom is 0.0877 e. The maximum absolute atomic E-state index is 10.6. The molecule has 3 fully saturated rings. The van der Waals surface area contributed by atoms with Crippen LogP contribution in [0.1, 0.15) is 97.8 Å². The van der Waals surface area contributed by atoms with E-state index in [2.05, 4.69) is 25.7 Å². The number of fused-ring (bicyclic) bond motifs is 1. The molecule has 0 spiro atoms. The van der Waals surface area contributed by atoms with Crippen LogP contribution >= 0.6 is 0 Å². The quantitative estimate of drug-likeness (QED) is 0.357. The molecule has 0 heterocycles. The highest BCUT2D eigenvalue weighted by Crippen LogP contribution is 2.58. The summed E-state index contributed by atoms with van der Waals surface area (Å²) in [7, 11) is 0. The Morgan fingerprint density at radius 2 is 1.94 bits per heavy atom. The van der Waals surface area contributed by atoms with Crippen molar-refractivity contribution in [2.24, 2.45) is 17.3 Å². The highest BCUT2D eigenvalue weighted by atomic mass is 16.5. The Labute approximate surface area is 201 Å². The van der Waals surface area contributed by atoms with E-state index in [-0.39, 0.29) is 12.7 Å². The largest absolute Gasteiger partial charge is 0.396 e. The van der Waals surface area contributed by atoms with E-state index in [1.807, 2.05) is 13.8 Å². The predicted octanol–water partition coefficient (Wildman–Crippen LogP) is 5.87. The smallest absolute Gasteiger partial charge is 0.0877 e. The third-order valence-corrected chi connectivity index (χ3v) is 8.65. The van der Waals surface area contributed by atoms with Gasteiger partial charge in [0.1, 0.15) is 0 Å². The Hall–Kier alpha value is -0.940. The van der Waals surface area contributed by atoms with Gasteiger partial charge >= 0.3 is 0 Å². The third-order valence-electron chi connectivity index (χ3n) is 8.65. The fraction of sp³-hybridized carbons (Fsp3) is 0.793. The van der Waals surface area contributed by atoms with Crippen LogP contribution in [-0.2, 0) is 4.74 Å². The number of hydrogen-bond donors (Lipinski definition) is 3. The summed E-state index contributed by atoms with van der Waals surface area (Å²) in [5.41, 5.74) is 3.69. The Morgan fingerprint density at radius 1 is 1.15 bits per heavy atom. The van der Waals surface area contributed by atoms with E-state index in [0.717, 1.165) is 29.9 Å². The van der Waals surface area contributed by atoms with Crippen LogP contribution in [0.4, 0.5) is 0 Å². The van der Waals surface area contributed by atoms with Gasteiger partial charge in [0.25, 0.3) is 0 Å². The molecule has 33 heavy (non-hydrogen) atoms. The zero-order valence-electron chi connectivity index (χ0n) is 21.3. The summed E-state index contributed by atoms with van der Waals surface area (Å²) in [5, 5.41) is 29.5. The average molecular weight is 461 g/mol. The molecule has 3 aliphatic rings. The predicted molar refractivity (Wildman–Crippen MR) is 135 cm³/mol. The van der Waals surface area contributed by atoms with E-state index < -0.39 is 11.7 Å². The lowest BCUT2D eigenvalue weighted by molar-refractivity contribution is -0.0446. The lowest BCUT2D eigenvalue weighted by Crippen LogP contribution is -2.34. The normalized spacial score (nSPS) is 35.4. The van der Waals surface area contributed by atoms with Crippen LogP contribution in [0.15, 0.2) is 35.5 Å². The van der Waals surface area contributed by atoms with Crippen LogP contribution < -0.4 is 0 Å². The van der Waals surface area contributed by atoms with Gasteiger partial charge in [0, 0.05) is 26.1 Å². The molecule has 0 saturated heterocycles. The molecule has 3 aliphatic carbocycles. The van der Waals surface area contributed by atoms with Crippen molar-refractivity contribution < 1.29 is 20.1 Å². The first-order valence-corrected chi connectivity index (χ1v) is 13.3. The summed E-state index contributed by atoms with van der Waals surface area (Å²) in [6.07, 6.45) is 16.7. The van der Waals surface area contributed by atoms with Gasteiger partial charge < -0.3 is 20.1 Å². The number of hydrogen-bond acceptors (Lipinski definition) is 4. The Bertz CT molecular complexity index is 716. The monoisotopic (exact) mass is 460 g/mol. The fourth-order valence-corrected chi connectivity index (χ4v) is 6.64. The molecule has 0 aromatic carbocycles. The molecular formula is C29H48O4. The molecule has 5 unspecified atom stereocenters. The topological polar surface area (TPSA) is 69.9 Å². The van der Waals surface area contributed by atoms with Crippen molar-refractivity contribution in [3.63, 3.8) is 0 Å². The van der Waals surface area contributed by atoms with Crippen LogP contribution in [0.2, 0.25) is 0 Å². The molecule has 0 bridgehead atoms. The molecule has 0 aliphatic heterocycles. The number of rotatable bonds is 10. The van der Waals surface area contributed by atoms with Crippen LogP contribution in [0, 0.1) is 17.3 Å². The Balaban J connectivity index is 1.59. The second-order valence-electron chi connectivity index (χ2n) is 11.7. The molecule has 3 rings (SSSR count). The van der Waals surface area contributed by atoms with Gasteiger partial charge in [-0.3, -0.25) is 0 Å². The van der Waals surface area contributed by atoms with Crippen molar-refractivity contribution in [3.8, 4) is 0 Å². The van der Waals surface area contributed by atoms with Crippen LogP contribution in [0.25, 0.3) is 0 Å². The first-order valence-electron chi connectivity index (χ1n) is 13.3. The second kappa shape index (κ2) is 11.7. The van der Waals surface area contributed by atoms with Crippen molar-refractivity contribution in [2.75, 3.05) is 13.2 Å². The number of aliphatic hydroxyl groups excluding tert-OH is 2. The first-order chi connectivity index (χ1) is 15.6. The molecule has 4 nitrogen and oxygen atoms in total. The Kier molecular flexibility index (Phi) is 9.42. The number of allylic oxidation sites excluding steroid dienone is 3. The van der Waals surface area contributed by atoms with Gasteiger partial charge in [-0.05, 0) is 93.6 Å². The lowest BCUT2D eigenvalue weighted by Gasteiger charge is -2.42. The summed E-state index contributed by atoms with van der Waals surface area (Å²) < 4.78 is 5.76. The van der Waals surface area contributed by atoms with Gasteiger partial charge in [-0.2, -0.15) is 0 Å². The lowest BCUT2D eigenvalue weighted by atomic mass is 9.62. The van der Waals surface area contributed by atoms with Gasteiger partial charge in [-0.15, -0.1) is 0 Å². The van der Waals surface area contributed by atoms with Crippen molar-refractivity contribution in [2.45, 2.75) is 116 Å². The van der Waals surface area contributed by atoms with Crippen LogP contribution in [-0.4, -0.2) is 46.3 Å². The van der Waals surface area contributed by atoms with Gasteiger partial charge in [0.05, 0.1) is 17.8 Å². The van der Waals surface area contributed by atoms with E-state index in [1.165, 1.54) is 44.9 Å². The molecule has 3 N–H and O–H groups in total. The van der Waals surface area contributed by atoms with Crippen molar-refractivity contribution in [3.05, 3.63) is 35.5 Å². The highest BCUT2D eigenvalue weighted by Gasteiger charge is 2.48. The highest BCUT2D eigenvalue weighted by molar-refractivity contribution is 5.37. The van der Waals surface area contributed by atoms with Crippen molar-refractivity contribution >= 4 is 0 Å². The van der Waals surface area contributed by atoms with Gasteiger partial charge in [0.2, 0.25) is 0 Å². The van der Waals surface area contributed by atoms with E-state index in [0.29, 0.717) is 37.2 Å². The third kappa shape index (κ3) is 7.04. The van der Waals surface area contributed by atoms with E-state index in [9.17, 15) is 10.2 Å². The van der Waals surface area contributed by atoms with Gasteiger partial charge in [-0.1, -0.05) is 44.1 Å². The molecule has 0 amide bonds.